The number of nitrogens with zero attached hydrogens (tertiary/aromatic N) is 1. The zero-order valence-corrected chi connectivity index (χ0v) is 14.9. The number of carbonyl (C=O) groups is 1. The number of amides is 1. The van der Waals surface area contributed by atoms with Gasteiger partial charge >= 0.3 is 0 Å². The highest BCUT2D eigenvalue weighted by Gasteiger charge is 2.09. The monoisotopic (exact) mass is 372 g/mol. The highest BCUT2D eigenvalue weighted by atomic mass is 19.1. The maximum absolute atomic E-state index is 14.0. The topological polar surface area (TPSA) is 51.2 Å². The molecule has 1 amide bonds. The van der Waals surface area contributed by atoms with Crippen molar-refractivity contribution >= 4 is 16.8 Å². The summed E-state index contributed by atoms with van der Waals surface area (Å²) in [6, 6.07) is 22.6. The van der Waals surface area contributed by atoms with Crippen molar-refractivity contribution in [1.29, 1.82) is 0 Å². The van der Waals surface area contributed by atoms with Gasteiger partial charge in [-0.3, -0.25) is 9.78 Å². The Balaban J connectivity index is 1.46. The molecule has 0 aliphatic rings. The van der Waals surface area contributed by atoms with Gasteiger partial charge in [0.1, 0.15) is 5.75 Å². The fourth-order valence-corrected chi connectivity index (χ4v) is 2.85. The quantitative estimate of drug-likeness (QED) is 0.530. The summed E-state index contributed by atoms with van der Waals surface area (Å²) in [6.07, 6.45) is 1.71. The molecule has 1 N–H and O–H groups in total. The second-order valence-corrected chi connectivity index (χ2v) is 6.27. The molecule has 0 spiro atoms. The Morgan fingerprint density at radius 3 is 2.68 bits per heavy atom. The van der Waals surface area contributed by atoms with Crippen LogP contribution in [0.2, 0.25) is 0 Å². The van der Waals surface area contributed by atoms with E-state index < -0.39 is 5.82 Å². The first-order valence-corrected chi connectivity index (χ1v) is 8.83. The predicted octanol–water partition coefficient (Wildman–Crippen LogP) is 5.10. The zero-order chi connectivity index (χ0) is 19.3. The van der Waals surface area contributed by atoms with Crippen LogP contribution >= 0.6 is 0 Å². The molecule has 0 saturated heterocycles. The summed E-state index contributed by atoms with van der Waals surface area (Å²) in [6.45, 7) is 0.259. The van der Waals surface area contributed by atoms with Crippen molar-refractivity contribution in [3.8, 4) is 11.5 Å². The number of ether oxygens (including phenoxy) is 1. The molecule has 0 aliphatic heterocycles. The van der Waals surface area contributed by atoms with Gasteiger partial charge in [-0.2, -0.15) is 0 Å². The molecule has 4 aromatic rings. The predicted molar refractivity (Wildman–Crippen MR) is 106 cm³/mol. The minimum absolute atomic E-state index is 0.120. The standard InChI is InChI=1S/C23H17FN2O2/c24-20-10-8-16(13-22(20)28-19-6-2-1-3-7-19)15-26-23(27)18-9-11-21-17(14-18)5-4-12-25-21/h1-14H,15H2,(H,26,27). The SMILES string of the molecule is O=C(NCc1ccc(F)c(Oc2ccccc2)c1)c1ccc2ncccc2c1. The minimum Gasteiger partial charge on any atom is -0.454 e. The number of aromatic nitrogens is 1. The maximum Gasteiger partial charge on any atom is 0.251 e. The lowest BCUT2D eigenvalue weighted by Crippen LogP contribution is -2.22. The van der Waals surface area contributed by atoms with Gasteiger partial charge in [0.25, 0.3) is 5.91 Å². The van der Waals surface area contributed by atoms with E-state index in [0.717, 1.165) is 16.5 Å². The summed E-state index contributed by atoms with van der Waals surface area (Å²) < 4.78 is 19.6. The average Bonchev–Trinajstić information content (AvgIpc) is 2.74. The van der Waals surface area contributed by atoms with Crippen LogP contribution in [-0.4, -0.2) is 10.9 Å². The Bertz CT molecular complexity index is 1130. The summed E-state index contributed by atoms with van der Waals surface area (Å²) >= 11 is 0. The minimum atomic E-state index is -0.457. The van der Waals surface area contributed by atoms with Gasteiger partial charge < -0.3 is 10.1 Å². The molecule has 4 rings (SSSR count). The van der Waals surface area contributed by atoms with Crippen LogP contribution in [0.5, 0.6) is 11.5 Å². The van der Waals surface area contributed by atoms with Crippen LogP contribution < -0.4 is 10.1 Å². The van der Waals surface area contributed by atoms with E-state index in [2.05, 4.69) is 10.3 Å². The van der Waals surface area contributed by atoms with Gasteiger partial charge in [0.2, 0.25) is 0 Å². The molecule has 4 nitrogen and oxygen atoms in total. The van der Waals surface area contributed by atoms with Crippen LogP contribution in [0.25, 0.3) is 10.9 Å². The molecule has 5 heteroatoms. The number of carbonyl (C=O) groups excluding carboxylic acids is 1. The lowest BCUT2D eigenvalue weighted by Gasteiger charge is -2.10. The molecular formula is C23H17FN2O2. The summed E-state index contributed by atoms with van der Waals surface area (Å²) in [4.78, 5) is 16.7. The molecule has 0 aliphatic carbocycles. The number of rotatable bonds is 5. The number of nitrogens with one attached hydrogen (secondary N) is 1. The smallest absolute Gasteiger partial charge is 0.251 e. The van der Waals surface area contributed by atoms with Crippen LogP contribution in [-0.2, 0) is 6.54 Å². The van der Waals surface area contributed by atoms with Crippen molar-refractivity contribution in [2.75, 3.05) is 0 Å². The van der Waals surface area contributed by atoms with E-state index in [1.54, 1.807) is 42.6 Å². The van der Waals surface area contributed by atoms with Gasteiger partial charge in [-0.1, -0.05) is 30.3 Å². The van der Waals surface area contributed by atoms with Crippen molar-refractivity contribution in [2.45, 2.75) is 6.54 Å². The van der Waals surface area contributed by atoms with Crippen LogP contribution in [0.3, 0.4) is 0 Å². The third-order valence-corrected chi connectivity index (χ3v) is 4.28. The Morgan fingerprint density at radius 2 is 1.82 bits per heavy atom. The number of fused-ring (bicyclic) bond motifs is 1. The molecule has 0 radical (unpaired) electrons. The molecule has 1 heterocycles. The van der Waals surface area contributed by atoms with Crippen LogP contribution in [0.4, 0.5) is 4.39 Å². The van der Waals surface area contributed by atoms with Crippen molar-refractivity contribution in [3.63, 3.8) is 0 Å². The zero-order valence-electron chi connectivity index (χ0n) is 14.9. The van der Waals surface area contributed by atoms with Gasteiger partial charge in [-0.15, -0.1) is 0 Å². The lowest BCUT2D eigenvalue weighted by atomic mass is 10.1. The summed E-state index contributed by atoms with van der Waals surface area (Å²) in [5.74, 6) is 0.00338. The van der Waals surface area contributed by atoms with Crippen molar-refractivity contribution in [3.05, 3.63) is 102 Å². The highest BCUT2D eigenvalue weighted by Crippen LogP contribution is 2.25. The second kappa shape index (κ2) is 7.88. The molecule has 0 fully saturated rings. The van der Waals surface area contributed by atoms with Crippen molar-refractivity contribution in [1.82, 2.24) is 10.3 Å². The summed E-state index contributed by atoms with van der Waals surface area (Å²) in [7, 11) is 0. The van der Waals surface area contributed by atoms with Gasteiger partial charge in [0, 0.05) is 23.7 Å². The van der Waals surface area contributed by atoms with E-state index in [1.807, 2.05) is 36.4 Å². The largest absolute Gasteiger partial charge is 0.454 e. The van der Waals surface area contributed by atoms with Gasteiger partial charge in [-0.05, 0) is 54.1 Å². The molecule has 138 valence electrons. The molecule has 0 unspecified atom stereocenters. The normalized spacial score (nSPS) is 10.6. The number of halogens is 1. The van der Waals surface area contributed by atoms with E-state index >= 15 is 0 Å². The van der Waals surface area contributed by atoms with Gasteiger partial charge in [0.15, 0.2) is 11.6 Å². The molecule has 0 saturated carbocycles. The van der Waals surface area contributed by atoms with E-state index in [1.165, 1.54) is 6.07 Å². The number of benzene rings is 3. The number of hydrogen-bond donors (Lipinski definition) is 1. The first-order chi connectivity index (χ1) is 13.7. The number of pyridine rings is 1. The van der Waals surface area contributed by atoms with Crippen LogP contribution in [0.1, 0.15) is 15.9 Å². The number of para-hydroxylation sites is 1. The Morgan fingerprint density at radius 1 is 0.964 bits per heavy atom. The third-order valence-electron chi connectivity index (χ3n) is 4.28. The van der Waals surface area contributed by atoms with E-state index in [-0.39, 0.29) is 18.2 Å². The van der Waals surface area contributed by atoms with E-state index in [4.69, 9.17) is 4.74 Å². The Hall–Kier alpha value is -3.73. The van der Waals surface area contributed by atoms with Crippen LogP contribution in [0, 0.1) is 5.82 Å². The Labute approximate surface area is 161 Å². The number of hydrogen-bond acceptors (Lipinski definition) is 3. The highest BCUT2D eigenvalue weighted by molar-refractivity contribution is 5.97. The fourth-order valence-electron chi connectivity index (χ4n) is 2.85. The lowest BCUT2D eigenvalue weighted by molar-refractivity contribution is 0.0951. The first-order valence-electron chi connectivity index (χ1n) is 8.83. The third kappa shape index (κ3) is 3.99. The molecule has 3 aromatic carbocycles. The van der Waals surface area contributed by atoms with E-state index in [9.17, 15) is 9.18 Å². The second-order valence-electron chi connectivity index (χ2n) is 6.27. The van der Waals surface area contributed by atoms with Crippen molar-refractivity contribution < 1.29 is 13.9 Å². The van der Waals surface area contributed by atoms with Crippen molar-refractivity contribution in [2.24, 2.45) is 0 Å². The molecule has 28 heavy (non-hydrogen) atoms. The molecular weight excluding hydrogens is 355 g/mol. The summed E-state index contributed by atoms with van der Waals surface area (Å²) in [5.41, 5.74) is 2.12. The molecule has 0 bridgehead atoms. The fraction of sp³-hybridized carbons (Fsp3) is 0.0435. The van der Waals surface area contributed by atoms with E-state index in [0.29, 0.717) is 11.3 Å². The summed E-state index contributed by atoms with van der Waals surface area (Å²) in [5, 5.41) is 3.75. The maximum atomic E-state index is 14.0. The molecule has 1 aromatic heterocycles. The molecule has 0 atom stereocenters. The van der Waals surface area contributed by atoms with Crippen LogP contribution in [0.15, 0.2) is 85.1 Å². The Kier molecular flexibility index (Phi) is 4.97. The first kappa shape index (κ1) is 17.7. The average molecular weight is 372 g/mol. The van der Waals surface area contributed by atoms with Gasteiger partial charge in [-0.25, -0.2) is 4.39 Å². The van der Waals surface area contributed by atoms with Gasteiger partial charge in [0.05, 0.1) is 5.52 Å².